The lowest BCUT2D eigenvalue weighted by molar-refractivity contribution is 0.425. The van der Waals surface area contributed by atoms with Crippen molar-refractivity contribution >= 4 is 45.6 Å². The van der Waals surface area contributed by atoms with Crippen molar-refractivity contribution in [2.75, 3.05) is 0 Å². The number of fused-ring (bicyclic) bond motifs is 1. The Bertz CT molecular complexity index is 481. The molecule has 0 aliphatic heterocycles. The van der Waals surface area contributed by atoms with Gasteiger partial charge < -0.3 is 10.0 Å². The van der Waals surface area contributed by atoms with Crippen LogP contribution in [0.2, 0.25) is 5.02 Å². The molecule has 0 atom stereocenters. The van der Waals surface area contributed by atoms with Crippen LogP contribution in [0, 0.1) is 6.92 Å². The third kappa shape index (κ3) is 1.44. The highest BCUT2D eigenvalue weighted by Crippen LogP contribution is 2.26. The van der Waals surface area contributed by atoms with Gasteiger partial charge in [-0.2, -0.15) is 0 Å². The highest BCUT2D eigenvalue weighted by molar-refractivity contribution is 7.17. The van der Waals surface area contributed by atoms with Crippen LogP contribution in [0.15, 0.2) is 17.5 Å². The summed E-state index contributed by atoms with van der Waals surface area (Å²) in [5, 5.41) is 21.7. The van der Waals surface area contributed by atoms with Crippen LogP contribution >= 0.6 is 22.9 Å². The van der Waals surface area contributed by atoms with Gasteiger partial charge in [-0.3, -0.25) is 0 Å². The van der Waals surface area contributed by atoms with Crippen molar-refractivity contribution < 1.29 is 10.0 Å². The van der Waals surface area contributed by atoms with Gasteiger partial charge in [-0.1, -0.05) is 11.6 Å². The molecule has 72 valence electrons. The molecular weight excluding hydrogens is 218 g/mol. The summed E-state index contributed by atoms with van der Waals surface area (Å²) in [6.45, 7) is 1.84. The summed E-state index contributed by atoms with van der Waals surface area (Å²) in [5.74, 6) is 0. The lowest BCUT2D eigenvalue weighted by Crippen LogP contribution is -2.33. The Morgan fingerprint density at radius 2 is 2.14 bits per heavy atom. The minimum atomic E-state index is -1.51. The fourth-order valence-electron chi connectivity index (χ4n) is 1.58. The average molecular weight is 226 g/mol. The van der Waals surface area contributed by atoms with Gasteiger partial charge in [0.1, 0.15) is 0 Å². The molecule has 0 saturated carbocycles. The van der Waals surface area contributed by atoms with Gasteiger partial charge in [0, 0.05) is 15.2 Å². The highest BCUT2D eigenvalue weighted by Gasteiger charge is 2.20. The van der Waals surface area contributed by atoms with Crippen LogP contribution in [0.4, 0.5) is 0 Å². The Balaban J connectivity index is 2.82. The van der Waals surface area contributed by atoms with E-state index in [2.05, 4.69) is 0 Å². The van der Waals surface area contributed by atoms with Crippen LogP contribution in [0.25, 0.3) is 10.1 Å². The zero-order valence-corrected chi connectivity index (χ0v) is 9.06. The molecular formula is C9H8BClO2S. The molecule has 14 heavy (non-hydrogen) atoms. The van der Waals surface area contributed by atoms with Crippen LogP contribution in [0.3, 0.4) is 0 Å². The SMILES string of the molecule is Cc1c(B(O)O)c(Cl)cc2sccc12. The Hall–Kier alpha value is -0.545. The van der Waals surface area contributed by atoms with Gasteiger partial charge in [0.2, 0.25) is 0 Å². The maximum Gasteiger partial charge on any atom is 0.490 e. The standard InChI is InChI=1S/C9H8BClO2S/c1-5-6-2-3-14-8(6)4-7(11)9(5)10(12)13/h2-4,12-13H,1H3. The Morgan fingerprint density at radius 1 is 1.43 bits per heavy atom. The molecule has 0 fully saturated rings. The zero-order valence-electron chi connectivity index (χ0n) is 7.49. The van der Waals surface area contributed by atoms with Crippen LogP contribution in [0.5, 0.6) is 0 Å². The fraction of sp³-hybridized carbons (Fsp3) is 0.111. The predicted octanol–water partition coefficient (Wildman–Crippen LogP) is 1.54. The molecule has 2 aromatic rings. The molecule has 0 spiro atoms. The molecule has 2 N–H and O–H groups in total. The first-order valence-electron chi connectivity index (χ1n) is 4.13. The van der Waals surface area contributed by atoms with Crippen LogP contribution in [-0.2, 0) is 0 Å². The molecule has 0 amide bonds. The summed E-state index contributed by atoms with van der Waals surface area (Å²) in [6.07, 6.45) is 0. The summed E-state index contributed by atoms with van der Waals surface area (Å²) in [5.41, 5.74) is 1.24. The Labute approximate surface area is 90.9 Å². The van der Waals surface area contributed by atoms with Crippen LogP contribution in [0.1, 0.15) is 5.56 Å². The normalized spacial score (nSPS) is 10.9. The van der Waals surface area contributed by atoms with E-state index in [9.17, 15) is 0 Å². The third-order valence-corrected chi connectivity index (χ3v) is 3.45. The number of thiophene rings is 1. The molecule has 0 aliphatic rings. The van der Waals surface area contributed by atoms with E-state index in [4.69, 9.17) is 21.6 Å². The van der Waals surface area contributed by atoms with E-state index < -0.39 is 7.12 Å². The zero-order chi connectivity index (χ0) is 10.3. The second-order valence-electron chi connectivity index (χ2n) is 3.10. The van der Waals surface area contributed by atoms with Gasteiger partial charge in [0.15, 0.2) is 0 Å². The maximum absolute atomic E-state index is 9.16. The van der Waals surface area contributed by atoms with Crippen molar-refractivity contribution in [3.05, 3.63) is 28.1 Å². The summed E-state index contributed by atoms with van der Waals surface area (Å²) in [7, 11) is -1.51. The van der Waals surface area contributed by atoms with Crippen molar-refractivity contribution in [2.24, 2.45) is 0 Å². The van der Waals surface area contributed by atoms with Gasteiger partial charge in [-0.15, -0.1) is 11.3 Å². The second-order valence-corrected chi connectivity index (χ2v) is 4.46. The number of halogens is 1. The number of benzene rings is 1. The largest absolute Gasteiger partial charge is 0.490 e. The number of hydrogen-bond acceptors (Lipinski definition) is 3. The minimum Gasteiger partial charge on any atom is -0.423 e. The van der Waals surface area contributed by atoms with E-state index in [0.717, 1.165) is 15.6 Å². The number of rotatable bonds is 1. The topological polar surface area (TPSA) is 40.5 Å². The maximum atomic E-state index is 9.16. The lowest BCUT2D eigenvalue weighted by Gasteiger charge is -2.08. The Kier molecular flexibility index (Phi) is 2.53. The Morgan fingerprint density at radius 3 is 2.79 bits per heavy atom. The smallest absolute Gasteiger partial charge is 0.423 e. The quantitative estimate of drug-likeness (QED) is 0.724. The van der Waals surface area contributed by atoms with Gasteiger partial charge in [0.05, 0.1) is 0 Å². The lowest BCUT2D eigenvalue weighted by atomic mass is 9.76. The molecule has 0 unspecified atom stereocenters. The molecule has 5 heteroatoms. The summed E-state index contributed by atoms with van der Waals surface area (Å²) >= 11 is 7.54. The van der Waals surface area contributed by atoms with Crippen LogP contribution in [-0.4, -0.2) is 17.2 Å². The molecule has 2 nitrogen and oxygen atoms in total. The molecule has 0 radical (unpaired) electrons. The van der Waals surface area contributed by atoms with Crippen molar-refractivity contribution in [2.45, 2.75) is 6.92 Å². The first-order chi connectivity index (χ1) is 6.61. The van der Waals surface area contributed by atoms with E-state index in [1.54, 1.807) is 17.4 Å². The monoisotopic (exact) mass is 226 g/mol. The summed E-state index contributed by atoms with van der Waals surface area (Å²) < 4.78 is 1.07. The average Bonchev–Trinajstić information content (AvgIpc) is 2.50. The molecule has 0 aliphatic carbocycles. The molecule has 0 saturated heterocycles. The number of hydrogen-bond donors (Lipinski definition) is 2. The van der Waals surface area contributed by atoms with Crippen molar-refractivity contribution in [1.29, 1.82) is 0 Å². The molecule has 1 aromatic carbocycles. The molecule has 1 aromatic heterocycles. The van der Waals surface area contributed by atoms with Gasteiger partial charge >= 0.3 is 7.12 Å². The van der Waals surface area contributed by atoms with Crippen molar-refractivity contribution in [1.82, 2.24) is 0 Å². The fourth-order valence-corrected chi connectivity index (χ4v) is 2.87. The minimum absolute atomic E-state index is 0.401. The van der Waals surface area contributed by atoms with E-state index in [-0.39, 0.29) is 0 Å². The van der Waals surface area contributed by atoms with E-state index >= 15 is 0 Å². The third-order valence-electron chi connectivity index (χ3n) is 2.28. The van der Waals surface area contributed by atoms with E-state index in [1.807, 2.05) is 18.4 Å². The first kappa shape index (κ1) is 9.99. The van der Waals surface area contributed by atoms with Gasteiger partial charge in [0.25, 0.3) is 0 Å². The molecule has 2 rings (SSSR count). The summed E-state index contributed by atoms with van der Waals surface area (Å²) in [4.78, 5) is 0. The van der Waals surface area contributed by atoms with E-state index in [1.165, 1.54) is 0 Å². The van der Waals surface area contributed by atoms with Gasteiger partial charge in [-0.05, 0) is 35.4 Å². The molecule has 1 heterocycles. The van der Waals surface area contributed by atoms with Crippen molar-refractivity contribution in [3.8, 4) is 0 Å². The number of aryl methyl sites for hydroxylation is 1. The summed E-state index contributed by atoms with van der Waals surface area (Å²) in [6, 6.07) is 3.72. The van der Waals surface area contributed by atoms with Crippen molar-refractivity contribution in [3.63, 3.8) is 0 Å². The second kappa shape index (κ2) is 3.55. The van der Waals surface area contributed by atoms with Crippen LogP contribution < -0.4 is 5.46 Å². The molecule has 0 bridgehead atoms. The predicted molar refractivity (Wildman–Crippen MR) is 61.4 cm³/mol. The van der Waals surface area contributed by atoms with Gasteiger partial charge in [-0.25, -0.2) is 0 Å². The first-order valence-corrected chi connectivity index (χ1v) is 5.39. The van der Waals surface area contributed by atoms with E-state index in [0.29, 0.717) is 10.5 Å². The highest BCUT2D eigenvalue weighted by atomic mass is 35.5.